The lowest BCUT2D eigenvalue weighted by atomic mass is 10.1. The zero-order valence-corrected chi connectivity index (χ0v) is 16.9. The number of fused-ring (bicyclic) bond motifs is 2. The number of carbonyl (C=O) groups is 2. The third-order valence-corrected chi connectivity index (χ3v) is 5.46. The number of esters is 1. The number of nitrogens with zero attached hydrogens (tertiary/aromatic N) is 2. The van der Waals surface area contributed by atoms with Crippen molar-refractivity contribution in [1.29, 1.82) is 0 Å². The van der Waals surface area contributed by atoms with Gasteiger partial charge in [0.25, 0.3) is 0 Å². The number of rotatable bonds is 6. The highest BCUT2D eigenvalue weighted by Crippen LogP contribution is 2.49. The zero-order chi connectivity index (χ0) is 19.6. The van der Waals surface area contributed by atoms with Crippen molar-refractivity contribution in [2.75, 3.05) is 32.1 Å². The van der Waals surface area contributed by atoms with Gasteiger partial charge in [-0.05, 0) is 64.3 Å². The standard InChI is InChI=1S/C21H24N2O3S/c1-14(24)16-6-9-20-19(12-16)23(11-5-10-22(3)4)18-8-7-17(26-15(2)25)13-21(18)27-20/h6-9,12-13H,5,10-11H2,1-4H3. The van der Waals surface area contributed by atoms with E-state index < -0.39 is 0 Å². The summed E-state index contributed by atoms with van der Waals surface area (Å²) < 4.78 is 5.24. The SMILES string of the molecule is CC(=O)Oc1ccc2c(c1)Sc1ccc(C(C)=O)cc1N2CCCN(C)C. The second kappa shape index (κ2) is 8.15. The molecule has 0 bridgehead atoms. The summed E-state index contributed by atoms with van der Waals surface area (Å²) in [5, 5.41) is 0. The summed E-state index contributed by atoms with van der Waals surface area (Å²) in [6.45, 7) is 4.81. The monoisotopic (exact) mass is 384 g/mol. The maximum Gasteiger partial charge on any atom is 0.308 e. The van der Waals surface area contributed by atoms with Crippen LogP contribution in [-0.4, -0.2) is 43.8 Å². The van der Waals surface area contributed by atoms with Crippen molar-refractivity contribution in [3.63, 3.8) is 0 Å². The Morgan fingerprint density at radius 3 is 2.48 bits per heavy atom. The van der Waals surface area contributed by atoms with Gasteiger partial charge in [0.15, 0.2) is 5.78 Å². The van der Waals surface area contributed by atoms with Gasteiger partial charge in [-0.3, -0.25) is 9.59 Å². The van der Waals surface area contributed by atoms with Crippen molar-refractivity contribution < 1.29 is 14.3 Å². The largest absolute Gasteiger partial charge is 0.427 e. The van der Waals surface area contributed by atoms with Crippen molar-refractivity contribution in [3.8, 4) is 5.75 Å². The lowest BCUT2D eigenvalue weighted by Crippen LogP contribution is -2.25. The number of ether oxygens (including phenoxy) is 1. The summed E-state index contributed by atoms with van der Waals surface area (Å²) in [6.07, 6.45) is 0.993. The molecule has 0 radical (unpaired) electrons. The average Bonchev–Trinajstić information content (AvgIpc) is 2.59. The van der Waals surface area contributed by atoms with Crippen LogP contribution in [-0.2, 0) is 4.79 Å². The minimum atomic E-state index is -0.329. The molecule has 1 aliphatic rings. The van der Waals surface area contributed by atoms with Gasteiger partial charge < -0.3 is 14.5 Å². The molecule has 0 aromatic heterocycles. The molecule has 6 heteroatoms. The van der Waals surface area contributed by atoms with E-state index in [1.165, 1.54) is 6.92 Å². The molecule has 0 spiro atoms. The van der Waals surface area contributed by atoms with Crippen LogP contribution in [0.25, 0.3) is 0 Å². The fourth-order valence-corrected chi connectivity index (χ4v) is 4.20. The molecule has 2 aromatic carbocycles. The van der Waals surface area contributed by atoms with E-state index in [9.17, 15) is 9.59 Å². The average molecular weight is 385 g/mol. The lowest BCUT2D eigenvalue weighted by molar-refractivity contribution is -0.131. The highest BCUT2D eigenvalue weighted by molar-refractivity contribution is 7.99. The van der Waals surface area contributed by atoms with Gasteiger partial charge in [-0.1, -0.05) is 17.8 Å². The normalized spacial score (nSPS) is 12.6. The van der Waals surface area contributed by atoms with Gasteiger partial charge in [0.1, 0.15) is 5.75 Å². The van der Waals surface area contributed by atoms with Gasteiger partial charge >= 0.3 is 5.97 Å². The number of hydrogen-bond acceptors (Lipinski definition) is 6. The Morgan fingerprint density at radius 2 is 1.81 bits per heavy atom. The van der Waals surface area contributed by atoms with E-state index in [1.54, 1.807) is 18.7 Å². The second-order valence-electron chi connectivity index (χ2n) is 6.87. The van der Waals surface area contributed by atoms with Crippen LogP contribution in [0, 0.1) is 0 Å². The number of hydrogen-bond donors (Lipinski definition) is 0. The first kappa shape index (κ1) is 19.5. The van der Waals surface area contributed by atoms with Crippen LogP contribution in [0.5, 0.6) is 5.75 Å². The first-order valence-electron chi connectivity index (χ1n) is 8.92. The first-order chi connectivity index (χ1) is 12.8. The molecular weight excluding hydrogens is 360 g/mol. The van der Waals surface area contributed by atoms with Crippen LogP contribution in [0.4, 0.5) is 11.4 Å². The summed E-state index contributed by atoms with van der Waals surface area (Å²) in [5.74, 6) is 0.281. The molecule has 5 nitrogen and oxygen atoms in total. The topological polar surface area (TPSA) is 49.9 Å². The Kier molecular flexibility index (Phi) is 5.87. The van der Waals surface area contributed by atoms with Crippen molar-refractivity contribution in [1.82, 2.24) is 4.90 Å². The molecule has 2 aromatic rings. The molecule has 3 rings (SSSR count). The number of anilines is 2. The van der Waals surface area contributed by atoms with Gasteiger partial charge in [-0.25, -0.2) is 0 Å². The van der Waals surface area contributed by atoms with Crippen LogP contribution in [0.2, 0.25) is 0 Å². The highest BCUT2D eigenvalue weighted by atomic mass is 32.2. The van der Waals surface area contributed by atoms with Gasteiger partial charge in [0, 0.05) is 28.8 Å². The Balaban J connectivity index is 1.99. The summed E-state index contributed by atoms with van der Waals surface area (Å²) in [4.78, 5) is 29.7. The quantitative estimate of drug-likeness (QED) is 0.419. The molecule has 1 aliphatic heterocycles. The second-order valence-corrected chi connectivity index (χ2v) is 7.96. The van der Waals surface area contributed by atoms with Crippen LogP contribution in [0.1, 0.15) is 30.6 Å². The molecule has 0 amide bonds. The third kappa shape index (κ3) is 4.51. The molecule has 142 valence electrons. The predicted octanol–water partition coefficient (Wildman–Crippen LogP) is 4.37. The fraction of sp³-hybridized carbons (Fsp3) is 0.333. The number of Topliss-reactive ketones (excluding diaryl/α,β-unsaturated/α-hetero) is 1. The van der Waals surface area contributed by atoms with Crippen LogP contribution >= 0.6 is 11.8 Å². The highest BCUT2D eigenvalue weighted by Gasteiger charge is 2.24. The van der Waals surface area contributed by atoms with E-state index in [0.717, 1.165) is 40.7 Å². The van der Waals surface area contributed by atoms with E-state index in [4.69, 9.17) is 4.74 Å². The maximum atomic E-state index is 11.9. The van der Waals surface area contributed by atoms with Crippen LogP contribution in [0.15, 0.2) is 46.2 Å². The minimum absolute atomic E-state index is 0.0621. The van der Waals surface area contributed by atoms with E-state index in [2.05, 4.69) is 23.9 Å². The van der Waals surface area contributed by atoms with E-state index in [1.807, 2.05) is 36.4 Å². The lowest BCUT2D eigenvalue weighted by Gasteiger charge is -2.33. The van der Waals surface area contributed by atoms with Gasteiger partial charge in [0.2, 0.25) is 0 Å². The van der Waals surface area contributed by atoms with E-state index in [0.29, 0.717) is 11.3 Å². The molecule has 0 saturated carbocycles. The van der Waals surface area contributed by atoms with E-state index in [-0.39, 0.29) is 11.8 Å². The summed E-state index contributed by atoms with van der Waals surface area (Å²) >= 11 is 1.63. The fourth-order valence-electron chi connectivity index (χ4n) is 3.10. The number of benzene rings is 2. The van der Waals surface area contributed by atoms with Gasteiger partial charge in [-0.2, -0.15) is 0 Å². The third-order valence-electron chi connectivity index (χ3n) is 4.35. The number of ketones is 1. The van der Waals surface area contributed by atoms with Crippen molar-refractivity contribution in [2.45, 2.75) is 30.1 Å². The summed E-state index contributed by atoms with van der Waals surface area (Å²) in [7, 11) is 4.13. The maximum absolute atomic E-state index is 11.9. The van der Waals surface area contributed by atoms with Crippen molar-refractivity contribution >= 4 is 34.9 Å². The van der Waals surface area contributed by atoms with Crippen LogP contribution in [0.3, 0.4) is 0 Å². The molecule has 0 aliphatic carbocycles. The molecule has 0 N–H and O–H groups in total. The Morgan fingerprint density at radius 1 is 1.04 bits per heavy atom. The summed E-state index contributed by atoms with van der Waals surface area (Å²) in [6, 6.07) is 11.6. The minimum Gasteiger partial charge on any atom is -0.427 e. The molecule has 1 heterocycles. The molecule has 27 heavy (non-hydrogen) atoms. The molecule has 0 atom stereocenters. The molecular formula is C21H24N2O3S. The first-order valence-corrected chi connectivity index (χ1v) is 9.74. The molecule has 0 fully saturated rings. The summed E-state index contributed by atoms with van der Waals surface area (Å²) in [5.41, 5.74) is 2.84. The van der Waals surface area contributed by atoms with Gasteiger partial charge in [-0.15, -0.1) is 0 Å². The Bertz CT molecular complexity index is 880. The molecule has 0 unspecified atom stereocenters. The van der Waals surface area contributed by atoms with Crippen molar-refractivity contribution in [3.05, 3.63) is 42.0 Å². The number of carbonyl (C=O) groups excluding carboxylic acids is 2. The molecule has 0 saturated heterocycles. The Labute approximate surface area is 164 Å². The van der Waals surface area contributed by atoms with Crippen molar-refractivity contribution in [2.24, 2.45) is 0 Å². The van der Waals surface area contributed by atoms with Crippen LogP contribution < -0.4 is 9.64 Å². The van der Waals surface area contributed by atoms with Gasteiger partial charge in [0.05, 0.1) is 11.4 Å². The van der Waals surface area contributed by atoms with E-state index >= 15 is 0 Å². The zero-order valence-electron chi connectivity index (χ0n) is 16.1. The Hall–Kier alpha value is -2.31. The smallest absolute Gasteiger partial charge is 0.308 e. The predicted molar refractivity (Wildman–Crippen MR) is 108 cm³/mol.